The molecule has 0 aliphatic carbocycles. The van der Waals surface area contributed by atoms with Crippen molar-refractivity contribution in [3.63, 3.8) is 0 Å². The fourth-order valence-corrected chi connectivity index (χ4v) is 6.41. The third-order valence-corrected chi connectivity index (χ3v) is 8.93. The highest BCUT2D eigenvalue weighted by molar-refractivity contribution is 7.93. The zero-order chi connectivity index (χ0) is 22.9. The molecular formula is C24H24N2O4S2. The van der Waals surface area contributed by atoms with Gasteiger partial charge in [0.05, 0.1) is 34.3 Å². The molecule has 0 N–H and O–H groups in total. The Morgan fingerprint density at radius 3 is 1.25 bits per heavy atom. The van der Waals surface area contributed by atoms with Crippen molar-refractivity contribution in [1.82, 2.24) is 0 Å². The van der Waals surface area contributed by atoms with Crippen LogP contribution in [0.2, 0.25) is 0 Å². The Morgan fingerprint density at radius 2 is 0.906 bits per heavy atom. The molecule has 0 fully saturated rings. The van der Waals surface area contributed by atoms with Crippen LogP contribution in [0, 0.1) is 13.8 Å². The zero-order valence-electron chi connectivity index (χ0n) is 17.8. The van der Waals surface area contributed by atoms with Gasteiger partial charge in [-0.2, -0.15) is 0 Å². The molecule has 8 heteroatoms. The molecule has 3 aromatic rings. The van der Waals surface area contributed by atoms with E-state index in [-0.39, 0.29) is 22.9 Å². The minimum atomic E-state index is -3.91. The van der Waals surface area contributed by atoms with E-state index < -0.39 is 20.0 Å². The van der Waals surface area contributed by atoms with E-state index in [1.165, 1.54) is 8.61 Å². The van der Waals surface area contributed by atoms with Gasteiger partial charge >= 0.3 is 0 Å². The molecular weight excluding hydrogens is 444 g/mol. The average molecular weight is 469 g/mol. The van der Waals surface area contributed by atoms with Gasteiger partial charge in [-0.3, -0.25) is 8.61 Å². The summed E-state index contributed by atoms with van der Waals surface area (Å²) in [5, 5.41) is 0. The lowest BCUT2D eigenvalue weighted by atomic mass is 10.2. The van der Waals surface area contributed by atoms with Crippen LogP contribution in [0.15, 0.2) is 94.7 Å². The fraction of sp³-hybridized carbons (Fsp3) is 0.167. The lowest BCUT2D eigenvalue weighted by molar-refractivity contribution is 0.589. The molecule has 0 amide bonds. The van der Waals surface area contributed by atoms with E-state index in [1.807, 2.05) is 13.8 Å². The van der Waals surface area contributed by atoms with Crippen LogP contribution in [0.5, 0.6) is 0 Å². The smallest absolute Gasteiger partial charge is 0.260 e. The fourth-order valence-electron chi connectivity index (χ4n) is 3.55. The highest BCUT2D eigenvalue weighted by Gasteiger charge is 2.32. The lowest BCUT2D eigenvalue weighted by Crippen LogP contribution is -2.37. The molecule has 0 aromatic heterocycles. The molecule has 0 saturated carbocycles. The van der Waals surface area contributed by atoms with Gasteiger partial charge < -0.3 is 0 Å². The van der Waals surface area contributed by atoms with Crippen molar-refractivity contribution in [2.75, 3.05) is 21.7 Å². The van der Waals surface area contributed by atoms with Crippen LogP contribution in [0.1, 0.15) is 11.1 Å². The zero-order valence-corrected chi connectivity index (χ0v) is 19.5. The lowest BCUT2D eigenvalue weighted by Gasteiger charge is -2.32. The van der Waals surface area contributed by atoms with Gasteiger partial charge in [-0.1, -0.05) is 59.7 Å². The van der Waals surface area contributed by atoms with Crippen LogP contribution in [-0.4, -0.2) is 29.9 Å². The summed E-state index contributed by atoms with van der Waals surface area (Å²) in [6, 6.07) is 19.9. The second-order valence-corrected chi connectivity index (χ2v) is 11.4. The molecule has 0 bridgehead atoms. The number of aryl methyl sites for hydroxylation is 2. The third-order valence-electron chi connectivity index (χ3n) is 5.35. The minimum absolute atomic E-state index is 0.103. The number of fused-ring (bicyclic) bond motifs is 1. The summed E-state index contributed by atoms with van der Waals surface area (Å²) < 4.78 is 56.6. The first kappa shape index (κ1) is 22.1. The predicted molar refractivity (Wildman–Crippen MR) is 127 cm³/mol. The SMILES string of the molecule is Cc1ccc(S(=O)(=O)N2C/C=C\CN(S(=O)(=O)c3ccc(C)cc3)c3ccccc32)cc1. The predicted octanol–water partition coefficient (Wildman–Crippen LogP) is 4.26. The Kier molecular flexibility index (Phi) is 5.83. The Labute approximate surface area is 189 Å². The van der Waals surface area contributed by atoms with Gasteiger partial charge in [0.2, 0.25) is 0 Å². The van der Waals surface area contributed by atoms with Crippen molar-refractivity contribution >= 4 is 31.4 Å². The van der Waals surface area contributed by atoms with Gasteiger partial charge in [-0.25, -0.2) is 16.8 Å². The number of para-hydroxylation sites is 2. The molecule has 0 unspecified atom stereocenters. The van der Waals surface area contributed by atoms with Gasteiger partial charge in [-0.05, 0) is 50.2 Å². The van der Waals surface area contributed by atoms with Crippen molar-refractivity contribution in [2.24, 2.45) is 0 Å². The monoisotopic (exact) mass is 468 g/mol. The van der Waals surface area contributed by atoms with Gasteiger partial charge in [0.15, 0.2) is 0 Å². The van der Waals surface area contributed by atoms with Crippen LogP contribution in [0.25, 0.3) is 0 Å². The largest absolute Gasteiger partial charge is 0.264 e. The highest BCUT2D eigenvalue weighted by Crippen LogP contribution is 2.37. The molecule has 32 heavy (non-hydrogen) atoms. The van der Waals surface area contributed by atoms with Crippen molar-refractivity contribution in [3.8, 4) is 0 Å². The molecule has 4 rings (SSSR count). The molecule has 166 valence electrons. The Bertz CT molecular complexity index is 1260. The van der Waals surface area contributed by atoms with Crippen LogP contribution >= 0.6 is 0 Å². The molecule has 3 aromatic carbocycles. The molecule has 0 spiro atoms. The quantitative estimate of drug-likeness (QED) is 0.536. The maximum Gasteiger partial charge on any atom is 0.264 e. The first-order valence-electron chi connectivity index (χ1n) is 10.1. The van der Waals surface area contributed by atoms with E-state index in [0.717, 1.165) is 11.1 Å². The number of rotatable bonds is 4. The molecule has 1 aliphatic rings. The second kappa shape index (κ2) is 8.44. The molecule has 0 radical (unpaired) electrons. The van der Waals surface area contributed by atoms with E-state index in [0.29, 0.717) is 11.4 Å². The Hall–Kier alpha value is -3.10. The minimum Gasteiger partial charge on any atom is -0.260 e. The van der Waals surface area contributed by atoms with E-state index in [1.54, 1.807) is 84.9 Å². The van der Waals surface area contributed by atoms with Crippen LogP contribution in [0.4, 0.5) is 11.4 Å². The van der Waals surface area contributed by atoms with E-state index in [2.05, 4.69) is 0 Å². The van der Waals surface area contributed by atoms with Crippen LogP contribution in [-0.2, 0) is 20.0 Å². The third kappa shape index (κ3) is 4.03. The van der Waals surface area contributed by atoms with Crippen molar-refractivity contribution < 1.29 is 16.8 Å². The standard InChI is InChI=1S/C24H24N2O4S2/c1-19-9-13-21(14-10-19)31(27,28)25-17-5-6-18-26(24-8-4-3-7-23(24)25)32(29,30)22-15-11-20(2)12-16-22/h3-16H,17-18H2,1-2H3/b6-5-. The van der Waals surface area contributed by atoms with Crippen molar-refractivity contribution in [2.45, 2.75) is 23.6 Å². The number of nitrogens with zero attached hydrogens (tertiary/aromatic N) is 2. The summed E-state index contributed by atoms with van der Waals surface area (Å²) in [5.74, 6) is 0. The summed E-state index contributed by atoms with van der Waals surface area (Å²) in [5.41, 5.74) is 2.53. The molecule has 6 nitrogen and oxygen atoms in total. The Balaban J connectivity index is 1.85. The normalized spacial score (nSPS) is 15.6. The number of hydrogen-bond acceptors (Lipinski definition) is 4. The summed E-state index contributed by atoms with van der Waals surface area (Å²) in [7, 11) is -7.82. The van der Waals surface area contributed by atoms with Gasteiger partial charge in [0.1, 0.15) is 0 Å². The number of benzene rings is 3. The number of anilines is 2. The van der Waals surface area contributed by atoms with Gasteiger partial charge in [0, 0.05) is 0 Å². The van der Waals surface area contributed by atoms with E-state index >= 15 is 0 Å². The number of hydrogen-bond donors (Lipinski definition) is 0. The van der Waals surface area contributed by atoms with E-state index in [4.69, 9.17) is 0 Å². The average Bonchev–Trinajstić information content (AvgIpc) is 2.75. The summed E-state index contributed by atoms with van der Waals surface area (Å²) in [6.45, 7) is 3.98. The maximum atomic E-state index is 13.5. The second-order valence-electron chi connectivity index (χ2n) is 7.66. The van der Waals surface area contributed by atoms with Gasteiger partial charge in [0.25, 0.3) is 20.0 Å². The van der Waals surface area contributed by atoms with Gasteiger partial charge in [-0.15, -0.1) is 0 Å². The molecule has 0 atom stereocenters. The first-order valence-corrected chi connectivity index (χ1v) is 13.0. The first-order chi connectivity index (χ1) is 15.2. The van der Waals surface area contributed by atoms with Crippen LogP contribution in [0.3, 0.4) is 0 Å². The highest BCUT2D eigenvalue weighted by atomic mass is 32.2. The Morgan fingerprint density at radius 1 is 0.562 bits per heavy atom. The van der Waals surface area contributed by atoms with E-state index in [9.17, 15) is 16.8 Å². The van der Waals surface area contributed by atoms with Crippen molar-refractivity contribution in [3.05, 3.63) is 96.1 Å². The molecule has 1 heterocycles. The summed E-state index contributed by atoms with van der Waals surface area (Å²) in [4.78, 5) is 0.305. The number of sulfonamides is 2. The molecule has 1 aliphatic heterocycles. The maximum absolute atomic E-state index is 13.5. The molecule has 0 saturated heterocycles. The van der Waals surface area contributed by atoms with Crippen molar-refractivity contribution in [1.29, 1.82) is 0 Å². The topological polar surface area (TPSA) is 74.8 Å². The summed E-state index contributed by atoms with van der Waals surface area (Å²) in [6.07, 6.45) is 3.36. The van der Waals surface area contributed by atoms with Crippen LogP contribution < -0.4 is 8.61 Å². The summed E-state index contributed by atoms with van der Waals surface area (Å²) >= 11 is 0.